The normalized spacial score (nSPS) is 11.0. The molecule has 0 aliphatic rings. The zero-order chi connectivity index (χ0) is 23.1. The highest BCUT2D eigenvalue weighted by Crippen LogP contribution is 2.21. The molecule has 2 aromatic carbocycles. The number of nitrogens with zero attached hydrogens (tertiary/aromatic N) is 2. The van der Waals surface area contributed by atoms with E-state index in [-0.39, 0.29) is 11.8 Å². The quantitative estimate of drug-likeness (QED) is 0.422. The molecule has 3 aromatic rings. The Kier molecular flexibility index (Phi) is 7.84. The average molecular weight is 451 g/mol. The number of carbonyl (C=O) groups is 2. The number of hydrogen-bond acceptors (Lipinski definition) is 3. The second-order valence-corrected chi connectivity index (χ2v) is 7.96. The van der Waals surface area contributed by atoms with E-state index in [4.69, 9.17) is 11.6 Å². The van der Waals surface area contributed by atoms with Crippen molar-refractivity contribution < 1.29 is 9.59 Å². The van der Waals surface area contributed by atoms with Gasteiger partial charge in [-0.05, 0) is 68.3 Å². The van der Waals surface area contributed by atoms with Crippen molar-refractivity contribution in [1.29, 1.82) is 0 Å². The number of benzene rings is 2. The lowest BCUT2D eigenvalue weighted by Crippen LogP contribution is -2.14. The Hall–Kier alpha value is -3.38. The molecule has 0 aliphatic heterocycles. The predicted octanol–water partition coefficient (Wildman–Crippen LogP) is 5.86. The molecule has 0 aliphatic carbocycles. The third-order valence-corrected chi connectivity index (χ3v) is 5.31. The van der Waals surface area contributed by atoms with Crippen LogP contribution in [0.4, 0.5) is 11.4 Å². The molecule has 2 N–H and O–H groups in total. The molecule has 0 unspecified atom stereocenters. The minimum atomic E-state index is -0.261. The molecule has 0 atom stereocenters. The van der Waals surface area contributed by atoms with E-state index in [1.165, 1.54) is 6.08 Å². The fourth-order valence-electron chi connectivity index (χ4n) is 3.22. The summed E-state index contributed by atoms with van der Waals surface area (Å²) in [6, 6.07) is 14.0. The third-order valence-electron chi connectivity index (χ3n) is 5.06. The Bertz CT molecular complexity index is 1120. The highest BCUT2D eigenvalue weighted by molar-refractivity contribution is 6.30. The SMILES string of the molecule is CCCCn1nc(C)c(NC(=O)c2ccc(NC(=O)/C=C/c3ccc(Cl)cc3)cc2)c1C. The Labute approximate surface area is 193 Å². The highest BCUT2D eigenvalue weighted by Gasteiger charge is 2.15. The van der Waals surface area contributed by atoms with Crippen molar-refractivity contribution >= 4 is 40.9 Å². The van der Waals surface area contributed by atoms with Crippen LogP contribution in [0.1, 0.15) is 47.1 Å². The summed E-state index contributed by atoms with van der Waals surface area (Å²) in [6.45, 7) is 6.82. The monoisotopic (exact) mass is 450 g/mol. The van der Waals surface area contributed by atoms with E-state index in [2.05, 4.69) is 22.7 Å². The van der Waals surface area contributed by atoms with Crippen LogP contribution in [-0.2, 0) is 11.3 Å². The molecule has 0 bridgehead atoms. The van der Waals surface area contributed by atoms with Gasteiger partial charge in [0, 0.05) is 28.9 Å². The van der Waals surface area contributed by atoms with Gasteiger partial charge in [-0.3, -0.25) is 14.3 Å². The summed E-state index contributed by atoms with van der Waals surface area (Å²) in [7, 11) is 0. The van der Waals surface area contributed by atoms with E-state index < -0.39 is 0 Å². The van der Waals surface area contributed by atoms with Crippen molar-refractivity contribution in [3.8, 4) is 0 Å². The van der Waals surface area contributed by atoms with E-state index in [1.807, 2.05) is 30.7 Å². The van der Waals surface area contributed by atoms with Gasteiger partial charge in [-0.2, -0.15) is 5.10 Å². The van der Waals surface area contributed by atoms with Crippen molar-refractivity contribution in [3.05, 3.63) is 82.1 Å². The average Bonchev–Trinajstić information content (AvgIpc) is 3.05. The summed E-state index contributed by atoms with van der Waals surface area (Å²) < 4.78 is 1.94. The third kappa shape index (κ3) is 6.08. The molecule has 2 amide bonds. The summed E-state index contributed by atoms with van der Waals surface area (Å²) in [6.07, 6.45) is 5.28. The molecule has 0 saturated heterocycles. The van der Waals surface area contributed by atoms with Crippen molar-refractivity contribution in [1.82, 2.24) is 9.78 Å². The van der Waals surface area contributed by atoms with Crippen molar-refractivity contribution in [3.63, 3.8) is 0 Å². The maximum atomic E-state index is 12.7. The largest absolute Gasteiger partial charge is 0.323 e. The molecule has 1 aromatic heterocycles. The zero-order valence-corrected chi connectivity index (χ0v) is 19.2. The molecular weight excluding hydrogens is 424 g/mol. The van der Waals surface area contributed by atoms with Crippen LogP contribution in [0, 0.1) is 13.8 Å². The lowest BCUT2D eigenvalue weighted by molar-refractivity contribution is -0.111. The number of nitrogens with one attached hydrogen (secondary N) is 2. The van der Waals surface area contributed by atoms with Gasteiger partial charge in [-0.1, -0.05) is 37.1 Å². The van der Waals surface area contributed by atoms with E-state index >= 15 is 0 Å². The summed E-state index contributed by atoms with van der Waals surface area (Å²) in [5.74, 6) is -0.477. The number of unbranched alkanes of at least 4 members (excludes halogenated alkanes) is 1. The van der Waals surface area contributed by atoms with Crippen LogP contribution in [0.3, 0.4) is 0 Å². The topological polar surface area (TPSA) is 76.0 Å². The molecule has 0 fully saturated rings. The van der Waals surface area contributed by atoms with Crippen molar-refractivity contribution in [2.75, 3.05) is 10.6 Å². The van der Waals surface area contributed by atoms with Crippen LogP contribution in [-0.4, -0.2) is 21.6 Å². The first-order valence-corrected chi connectivity index (χ1v) is 10.9. The van der Waals surface area contributed by atoms with Gasteiger partial charge >= 0.3 is 0 Å². The van der Waals surface area contributed by atoms with Crippen LogP contribution in [0.2, 0.25) is 5.02 Å². The van der Waals surface area contributed by atoms with E-state index in [1.54, 1.807) is 42.5 Å². The van der Waals surface area contributed by atoms with Crippen LogP contribution in [0.15, 0.2) is 54.6 Å². The smallest absolute Gasteiger partial charge is 0.255 e. The minimum absolute atomic E-state index is 0.216. The van der Waals surface area contributed by atoms with Gasteiger partial charge in [-0.15, -0.1) is 0 Å². The summed E-state index contributed by atoms with van der Waals surface area (Å²) in [5, 5.41) is 10.9. The molecule has 7 heteroatoms. The number of aryl methyl sites for hydroxylation is 2. The molecule has 0 saturated carbocycles. The maximum Gasteiger partial charge on any atom is 0.255 e. The number of halogens is 1. The van der Waals surface area contributed by atoms with Gasteiger partial charge in [0.2, 0.25) is 5.91 Å². The van der Waals surface area contributed by atoms with E-state index in [9.17, 15) is 9.59 Å². The van der Waals surface area contributed by atoms with E-state index in [0.717, 1.165) is 42.0 Å². The Balaban J connectivity index is 1.60. The summed E-state index contributed by atoms with van der Waals surface area (Å²) in [4.78, 5) is 24.9. The number of aromatic nitrogens is 2. The second kappa shape index (κ2) is 10.8. The number of carbonyl (C=O) groups excluding carboxylic acids is 2. The van der Waals surface area contributed by atoms with Gasteiger partial charge < -0.3 is 10.6 Å². The minimum Gasteiger partial charge on any atom is -0.323 e. The molecule has 0 spiro atoms. The maximum absolute atomic E-state index is 12.7. The highest BCUT2D eigenvalue weighted by atomic mass is 35.5. The van der Waals surface area contributed by atoms with Crippen LogP contribution in [0.25, 0.3) is 6.08 Å². The fraction of sp³-hybridized carbons (Fsp3) is 0.240. The van der Waals surface area contributed by atoms with E-state index in [0.29, 0.717) is 16.3 Å². The molecule has 0 radical (unpaired) electrons. The lowest BCUT2D eigenvalue weighted by atomic mass is 10.1. The first kappa shape index (κ1) is 23.3. The Morgan fingerprint density at radius 1 is 1.03 bits per heavy atom. The van der Waals surface area contributed by atoms with Crippen LogP contribution >= 0.6 is 11.6 Å². The second-order valence-electron chi connectivity index (χ2n) is 7.53. The van der Waals surface area contributed by atoms with Gasteiger partial charge in [0.1, 0.15) is 0 Å². The van der Waals surface area contributed by atoms with Crippen LogP contribution in [0.5, 0.6) is 0 Å². The predicted molar refractivity (Wildman–Crippen MR) is 130 cm³/mol. The molecular formula is C25H27ClN4O2. The summed E-state index contributed by atoms with van der Waals surface area (Å²) in [5.41, 5.74) is 4.46. The molecule has 166 valence electrons. The Morgan fingerprint density at radius 2 is 1.72 bits per heavy atom. The number of amides is 2. The van der Waals surface area contributed by atoms with Gasteiger partial charge in [0.25, 0.3) is 5.91 Å². The first-order valence-electron chi connectivity index (χ1n) is 10.6. The van der Waals surface area contributed by atoms with Crippen molar-refractivity contribution in [2.45, 2.75) is 40.2 Å². The number of anilines is 2. The van der Waals surface area contributed by atoms with Crippen molar-refractivity contribution in [2.24, 2.45) is 0 Å². The first-order chi connectivity index (χ1) is 15.4. The molecule has 1 heterocycles. The molecule has 3 rings (SSSR count). The number of rotatable bonds is 8. The number of hydrogen-bond donors (Lipinski definition) is 2. The fourth-order valence-corrected chi connectivity index (χ4v) is 3.35. The Morgan fingerprint density at radius 3 is 2.38 bits per heavy atom. The van der Waals surface area contributed by atoms with Gasteiger partial charge in [0.15, 0.2) is 0 Å². The molecule has 6 nitrogen and oxygen atoms in total. The van der Waals surface area contributed by atoms with Gasteiger partial charge in [-0.25, -0.2) is 0 Å². The zero-order valence-electron chi connectivity index (χ0n) is 18.5. The van der Waals surface area contributed by atoms with Gasteiger partial charge in [0.05, 0.1) is 17.1 Å². The standard InChI is InChI=1S/C25H27ClN4O2/c1-4-5-16-30-18(3)24(17(2)29-30)28-25(32)20-9-13-22(14-10-20)27-23(31)15-8-19-6-11-21(26)12-7-19/h6-15H,4-5,16H2,1-3H3,(H,27,31)(H,28,32)/b15-8+. The molecule has 32 heavy (non-hydrogen) atoms. The lowest BCUT2D eigenvalue weighted by Gasteiger charge is -2.08. The van der Waals surface area contributed by atoms with Crippen LogP contribution < -0.4 is 10.6 Å². The summed E-state index contributed by atoms with van der Waals surface area (Å²) >= 11 is 5.86.